The molecule has 1 aromatic heterocycles. The molecule has 3 aromatic rings. The van der Waals surface area contributed by atoms with E-state index in [2.05, 4.69) is 5.32 Å². The van der Waals surface area contributed by atoms with Crippen molar-refractivity contribution in [1.29, 1.82) is 0 Å². The third kappa shape index (κ3) is 5.53. The van der Waals surface area contributed by atoms with Crippen LogP contribution in [0.4, 0.5) is 0 Å². The topological polar surface area (TPSA) is 115 Å². The summed E-state index contributed by atoms with van der Waals surface area (Å²) < 4.78 is 16.7. The largest absolute Gasteiger partial charge is 0.497 e. The van der Waals surface area contributed by atoms with Crippen molar-refractivity contribution >= 4 is 22.8 Å². The molecule has 2 aromatic carbocycles. The van der Waals surface area contributed by atoms with Crippen LogP contribution in [-0.4, -0.2) is 36.7 Å². The number of carbonyl (C=O) groups is 2. The highest BCUT2D eigenvalue weighted by molar-refractivity contribution is 5.95. The molecule has 36 heavy (non-hydrogen) atoms. The Labute approximate surface area is 209 Å². The number of hydrogen-bond donors (Lipinski definition) is 2. The van der Waals surface area contributed by atoms with Crippen molar-refractivity contribution < 1.29 is 28.6 Å². The van der Waals surface area contributed by atoms with Crippen LogP contribution in [0.3, 0.4) is 0 Å². The lowest BCUT2D eigenvalue weighted by atomic mass is 9.82. The van der Waals surface area contributed by atoms with Gasteiger partial charge in [0.1, 0.15) is 17.1 Å². The second-order valence-corrected chi connectivity index (χ2v) is 9.33. The highest BCUT2D eigenvalue weighted by atomic mass is 16.5. The SMILES string of the molecule is COc1ccc(-c2cc(=O)oc3c(C)c(O[C@@H](C)C(=O)NCC4CCC(C(=O)O)CC4)ccc23)cc1. The van der Waals surface area contributed by atoms with Crippen LogP contribution in [0.2, 0.25) is 0 Å². The van der Waals surface area contributed by atoms with Crippen LogP contribution in [-0.2, 0) is 9.59 Å². The number of ether oxygens (including phenoxy) is 2. The van der Waals surface area contributed by atoms with Gasteiger partial charge in [0, 0.05) is 23.6 Å². The molecule has 0 unspecified atom stereocenters. The molecular weight excluding hydrogens is 462 g/mol. The zero-order valence-corrected chi connectivity index (χ0v) is 20.7. The molecule has 190 valence electrons. The van der Waals surface area contributed by atoms with E-state index in [9.17, 15) is 14.4 Å². The smallest absolute Gasteiger partial charge is 0.336 e. The molecule has 1 heterocycles. The standard InChI is InChI=1S/C28H31NO7/c1-16-24(35-17(2)27(31)29-15-18-4-6-20(7-5-18)28(32)33)13-12-22-23(14-25(30)36-26(16)22)19-8-10-21(34-3)11-9-19/h8-14,17-18,20H,4-7,15H2,1-3H3,(H,29,31)(H,32,33)/t17-,18?,20?/m0/s1. The summed E-state index contributed by atoms with van der Waals surface area (Å²) in [6.07, 6.45) is 2.09. The van der Waals surface area contributed by atoms with E-state index < -0.39 is 17.7 Å². The van der Waals surface area contributed by atoms with Crippen molar-refractivity contribution in [3.8, 4) is 22.6 Å². The second kappa shape index (κ2) is 10.8. The molecule has 0 aliphatic heterocycles. The third-order valence-electron chi connectivity index (χ3n) is 6.95. The predicted octanol–water partition coefficient (Wildman–Crippen LogP) is 4.55. The van der Waals surface area contributed by atoms with Gasteiger partial charge in [-0.15, -0.1) is 0 Å². The minimum absolute atomic E-state index is 0.247. The summed E-state index contributed by atoms with van der Waals surface area (Å²) in [5.41, 5.74) is 2.16. The summed E-state index contributed by atoms with van der Waals surface area (Å²) in [4.78, 5) is 36.1. The molecule has 2 N–H and O–H groups in total. The fraction of sp³-hybridized carbons (Fsp3) is 0.393. The first-order valence-corrected chi connectivity index (χ1v) is 12.2. The molecule has 0 bridgehead atoms. The van der Waals surface area contributed by atoms with E-state index in [1.807, 2.05) is 30.3 Å². The molecule has 8 heteroatoms. The lowest BCUT2D eigenvalue weighted by Gasteiger charge is -2.26. The first kappa shape index (κ1) is 25.3. The number of hydrogen-bond acceptors (Lipinski definition) is 6. The molecule has 0 saturated heterocycles. The van der Waals surface area contributed by atoms with Crippen LogP contribution in [0.25, 0.3) is 22.1 Å². The highest BCUT2D eigenvalue weighted by Gasteiger charge is 2.27. The first-order valence-electron chi connectivity index (χ1n) is 12.2. The Morgan fingerprint density at radius 3 is 2.44 bits per heavy atom. The van der Waals surface area contributed by atoms with Gasteiger partial charge in [-0.25, -0.2) is 4.79 Å². The normalized spacial score (nSPS) is 18.4. The lowest BCUT2D eigenvalue weighted by Crippen LogP contribution is -2.39. The average Bonchev–Trinajstić information content (AvgIpc) is 2.89. The van der Waals surface area contributed by atoms with Crippen LogP contribution < -0.4 is 20.4 Å². The molecule has 1 fully saturated rings. The summed E-state index contributed by atoms with van der Waals surface area (Å²) >= 11 is 0. The highest BCUT2D eigenvalue weighted by Crippen LogP contribution is 2.34. The van der Waals surface area contributed by atoms with Crippen LogP contribution in [0.5, 0.6) is 11.5 Å². The molecule has 1 atom stereocenters. The van der Waals surface area contributed by atoms with E-state index in [1.165, 1.54) is 6.07 Å². The molecule has 8 nitrogen and oxygen atoms in total. The van der Waals surface area contributed by atoms with Gasteiger partial charge in [0.25, 0.3) is 5.91 Å². The summed E-state index contributed by atoms with van der Waals surface area (Å²) in [6, 6.07) is 12.5. The number of benzene rings is 2. The van der Waals surface area contributed by atoms with E-state index in [-0.39, 0.29) is 17.7 Å². The van der Waals surface area contributed by atoms with Crippen LogP contribution >= 0.6 is 0 Å². The number of aliphatic carboxylic acids is 1. The van der Waals surface area contributed by atoms with Gasteiger partial charge in [-0.3, -0.25) is 9.59 Å². The number of amides is 1. The predicted molar refractivity (Wildman–Crippen MR) is 135 cm³/mol. The molecule has 1 aliphatic rings. The fourth-order valence-corrected chi connectivity index (χ4v) is 4.73. The molecule has 1 amide bonds. The molecule has 1 aliphatic carbocycles. The number of aryl methyl sites for hydroxylation is 1. The van der Waals surface area contributed by atoms with E-state index in [0.29, 0.717) is 36.3 Å². The zero-order valence-electron chi connectivity index (χ0n) is 20.7. The summed E-state index contributed by atoms with van der Waals surface area (Å²) in [5.74, 6) is 0.186. The Kier molecular flexibility index (Phi) is 7.62. The van der Waals surface area contributed by atoms with E-state index in [4.69, 9.17) is 19.0 Å². The van der Waals surface area contributed by atoms with Crippen LogP contribution in [0, 0.1) is 18.8 Å². The Bertz CT molecular complexity index is 1300. The number of carboxylic acid groups (broad SMARTS) is 1. The average molecular weight is 494 g/mol. The Balaban J connectivity index is 1.46. The van der Waals surface area contributed by atoms with Gasteiger partial charge in [0.15, 0.2) is 6.10 Å². The molecule has 0 radical (unpaired) electrons. The van der Waals surface area contributed by atoms with E-state index in [1.54, 1.807) is 27.0 Å². The van der Waals surface area contributed by atoms with Gasteiger partial charge < -0.3 is 24.3 Å². The van der Waals surface area contributed by atoms with E-state index in [0.717, 1.165) is 35.1 Å². The fourth-order valence-electron chi connectivity index (χ4n) is 4.73. The summed E-state index contributed by atoms with van der Waals surface area (Å²) in [5, 5.41) is 12.8. The number of nitrogens with one attached hydrogen (secondary N) is 1. The van der Waals surface area contributed by atoms with Gasteiger partial charge in [0.2, 0.25) is 0 Å². The van der Waals surface area contributed by atoms with Gasteiger partial charge in [-0.2, -0.15) is 0 Å². The maximum Gasteiger partial charge on any atom is 0.336 e. The van der Waals surface area contributed by atoms with Crippen molar-refractivity contribution in [3.05, 3.63) is 58.4 Å². The number of carboxylic acids is 1. The molecule has 4 rings (SSSR count). The number of rotatable bonds is 8. The lowest BCUT2D eigenvalue weighted by molar-refractivity contribution is -0.143. The minimum Gasteiger partial charge on any atom is -0.497 e. The zero-order chi connectivity index (χ0) is 25.8. The second-order valence-electron chi connectivity index (χ2n) is 9.33. The summed E-state index contributed by atoms with van der Waals surface area (Å²) in [6.45, 7) is 3.96. The van der Waals surface area contributed by atoms with Gasteiger partial charge in [-0.1, -0.05) is 12.1 Å². The minimum atomic E-state index is -0.756. The van der Waals surface area contributed by atoms with Crippen molar-refractivity contribution in [3.63, 3.8) is 0 Å². The maximum absolute atomic E-state index is 12.7. The van der Waals surface area contributed by atoms with Crippen molar-refractivity contribution in [1.82, 2.24) is 5.32 Å². The Morgan fingerprint density at radius 1 is 1.11 bits per heavy atom. The molecule has 1 saturated carbocycles. The van der Waals surface area contributed by atoms with Gasteiger partial charge in [0.05, 0.1) is 13.0 Å². The summed E-state index contributed by atoms with van der Waals surface area (Å²) in [7, 11) is 1.60. The van der Waals surface area contributed by atoms with Crippen molar-refractivity contribution in [2.75, 3.05) is 13.7 Å². The van der Waals surface area contributed by atoms with Crippen LogP contribution in [0.1, 0.15) is 38.2 Å². The van der Waals surface area contributed by atoms with Crippen molar-refractivity contribution in [2.45, 2.75) is 45.6 Å². The maximum atomic E-state index is 12.7. The first-order chi connectivity index (χ1) is 17.3. The number of carbonyl (C=O) groups excluding carboxylic acids is 1. The number of fused-ring (bicyclic) bond motifs is 1. The third-order valence-corrected chi connectivity index (χ3v) is 6.95. The quantitative estimate of drug-likeness (QED) is 0.442. The molecule has 0 spiro atoms. The molecular formula is C28H31NO7. The monoisotopic (exact) mass is 493 g/mol. The van der Waals surface area contributed by atoms with Gasteiger partial charge >= 0.3 is 11.6 Å². The van der Waals surface area contributed by atoms with Crippen LogP contribution in [0.15, 0.2) is 51.7 Å². The Hall–Kier alpha value is -3.81. The number of methoxy groups -OCH3 is 1. The van der Waals surface area contributed by atoms with E-state index >= 15 is 0 Å². The Morgan fingerprint density at radius 2 is 1.81 bits per heavy atom. The van der Waals surface area contributed by atoms with Gasteiger partial charge in [-0.05, 0) is 80.8 Å². The van der Waals surface area contributed by atoms with Crippen molar-refractivity contribution in [2.24, 2.45) is 11.8 Å².